The molecule has 0 spiro atoms. The van der Waals surface area contributed by atoms with E-state index in [0.29, 0.717) is 6.54 Å². The van der Waals surface area contributed by atoms with Crippen LogP contribution in [0.25, 0.3) is 0 Å². The van der Waals surface area contributed by atoms with E-state index in [1.807, 2.05) is 17.8 Å². The van der Waals surface area contributed by atoms with Gasteiger partial charge in [0.05, 0.1) is 0 Å². The zero-order chi connectivity index (χ0) is 8.48. The van der Waals surface area contributed by atoms with Crippen LogP contribution >= 0.6 is 24.8 Å². The van der Waals surface area contributed by atoms with Gasteiger partial charge in [-0.2, -0.15) is 0 Å². The fourth-order valence-electron chi connectivity index (χ4n) is 1.11. The maximum Gasteiger partial charge on any atom is 0.115 e. The van der Waals surface area contributed by atoms with Crippen molar-refractivity contribution in [1.29, 1.82) is 0 Å². The van der Waals surface area contributed by atoms with Crippen LogP contribution in [-0.4, -0.2) is 16.1 Å². The summed E-state index contributed by atoms with van der Waals surface area (Å²) < 4.78 is 2.01. The second kappa shape index (κ2) is 5.47. The fourth-order valence-corrected chi connectivity index (χ4v) is 1.11. The smallest absolute Gasteiger partial charge is 0.115 e. The summed E-state index contributed by atoms with van der Waals surface area (Å²) in [6.45, 7) is 4.81. The highest BCUT2D eigenvalue weighted by Crippen LogP contribution is 2.18. The van der Waals surface area contributed by atoms with Gasteiger partial charge in [-0.05, 0) is 0 Å². The molecule has 0 fully saturated rings. The van der Waals surface area contributed by atoms with Crippen LogP contribution in [0, 0.1) is 0 Å². The van der Waals surface area contributed by atoms with E-state index >= 15 is 0 Å². The first-order valence-corrected chi connectivity index (χ1v) is 3.76. The summed E-state index contributed by atoms with van der Waals surface area (Å²) in [6, 6.07) is 0. The topological polar surface area (TPSA) is 43.8 Å². The molecule has 0 radical (unpaired) electrons. The molecule has 0 aliphatic carbocycles. The number of nitrogens with zero attached hydrogens (tertiary/aromatic N) is 2. The molecule has 1 aromatic heterocycles. The summed E-state index contributed by atoms with van der Waals surface area (Å²) in [5.41, 5.74) is 5.60. The van der Waals surface area contributed by atoms with E-state index in [4.69, 9.17) is 5.73 Å². The van der Waals surface area contributed by atoms with Crippen molar-refractivity contribution in [3.8, 4) is 0 Å². The highest BCUT2D eigenvalue weighted by molar-refractivity contribution is 5.85. The van der Waals surface area contributed by atoms with Gasteiger partial charge in [-0.1, -0.05) is 13.8 Å². The molecule has 2 N–H and O–H groups in total. The summed E-state index contributed by atoms with van der Waals surface area (Å²) in [5, 5.41) is 0. The Morgan fingerprint density at radius 2 is 2.00 bits per heavy atom. The Balaban J connectivity index is 0. The van der Waals surface area contributed by atoms with Crippen LogP contribution in [0.5, 0.6) is 0 Å². The molecule has 0 bridgehead atoms. The first-order valence-electron chi connectivity index (χ1n) is 3.76. The lowest BCUT2D eigenvalue weighted by molar-refractivity contribution is 0.484. The van der Waals surface area contributed by atoms with Crippen LogP contribution in [0.1, 0.15) is 19.7 Å². The lowest BCUT2D eigenvalue weighted by atomic mass is 9.93. The van der Waals surface area contributed by atoms with Crippen molar-refractivity contribution >= 4 is 24.8 Å². The Morgan fingerprint density at radius 1 is 1.46 bits per heavy atom. The monoisotopic (exact) mass is 225 g/mol. The average Bonchev–Trinajstić information content (AvgIpc) is 2.36. The van der Waals surface area contributed by atoms with Crippen LogP contribution in [0.2, 0.25) is 0 Å². The minimum atomic E-state index is -0.0156. The Bertz CT molecular complexity index is 245. The predicted molar refractivity (Wildman–Crippen MR) is 59.8 cm³/mol. The van der Waals surface area contributed by atoms with Gasteiger partial charge in [0.2, 0.25) is 0 Å². The zero-order valence-corrected chi connectivity index (χ0v) is 9.78. The molecule has 1 aromatic rings. The Kier molecular flexibility index (Phi) is 6.41. The highest BCUT2D eigenvalue weighted by Gasteiger charge is 2.22. The number of halogens is 2. The van der Waals surface area contributed by atoms with Gasteiger partial charge in [-0.15, -0.1) is 24.8 Å². The normalized spacial score (nSPS) is 10.2. The van der Waals surface area contributed by atoms with E-state index in [2.05, 4.69) is 18.8 Å². The second-order valence-corrected chi connectivity index (χ2v) is 3.45. The molecule has 1 heterocycles. The quantitative estimate of drug-likeness (QED) is 0.830. The molecule has 0 atom stereocenters. The third-order valence-electron chi connectivity index (χ3n) is 1.94. The number of hydrogen-bond acceptors (Lipinski definition) is 2. The molecule has 0 aliphatic heterocycles. The Morgan fingerprint density at radius 3 is 2.31 bits per heavy atom. The van der Waals surface area contributed by atoms with Gasteiger partial charge in [0.15, 0.2) is 0 Å². The Labute approximate surface area is 91.5 Å². The average molecular weight is 226 g/mol. The van der Waals surface area contributed by atoms with Crippen LogP contribution in [0.3, 0.4) is 0 Å². The number of aromatic nitrogens is 2. The van der Waals surface area contributed by atoms with E-state index in [9.17, 15) is 0 Å². The maximum absolute atomic E-state index is 5.61. The number of aryl methyl sites for hydroxylation is 1. The van der Waals surface area contributed by atoms with Crippen molar-refractivity contribution < 1.29 is 0 Å². The van der Waals surface area contributed by atoms with Crippen LogP contribution in [0.4, 0.5) is 0 Å². The van der Waals surface area contributed by atoms with Crippen LogP contribution in [-0.2, 0) is 12.5 Å². The molecular formula is C8H17Cl2N3. The van der Waals surface area contributed by atoms with Gasteiger partial charge in [-0.3, -0.25) is 0 Å². The first kappa shape index (κ1) is 15.2. The van der Waals surface area contributed by atoms with Crippen LogP contribution < -0.4 is 5.73 Å². The first-order chi connectivity index (χ1) is 5.08. The number of imidazole rings is 1. The van der Waals surface area contributed by atoms with E-state index in [1.165, 1.54) is 0 Å². The number of rotatable bonds is 2. The lowest BCUT2D eigenvalue weighted by Gasteiger charge is -2.21. The molecule has 1 rings (SSSR count). The predicted octanol–water partition coefficient (Wildman–Crippen LogP) is 1.50. The van der Waals surface area contributed by atoms with Gasteiger partial charge >= 0.3 is 0 Å². The van der Waals surface area contributed by atoms with Gasteiger partial charge in [0.1, 0.15) is 5.82 Å². The Hall–Kier alpha value is -0.250. The molecule has 3 nitrogen and oxygen atoms in total. The highest BCUT2D eigenvalue weighted by atomic mass is 35.5. The van der Waals surface area contributed by atoms with Gasteiger partial charge < -0.3 is 10.3 Å². The summed E-state index contributed by atoms with van der Waals surface area (Å²) >= 11 is 0. The molecule has 0 saturated heterocycles. The SMILES string of the molecule is Cl.Cl.Cn1ccnc1C(C)(C)CN. The van der Waals surface area contributed by atoms with E-state index in [0.717, 1.165) is 5.82 Å². The lowest BCUT2D eigenvalue weighted by Crippen LogP contribution is -2.31. The molecule has 0 aromatic carbocycles. The molecule has 0 amide bonds. The summed E-state index contributed by atoms with van der Waals surface area (Å²) in [7, 11) is 1.99. The molecule has 0 aliphatic rings. The van der Waals surface area contributed by atoms with Crippen molar-refractivity contribution in [2.45, 2.75) is 19.3 Å². The summed E-state index contributed by atoms with van der Waals surface area (Å²) in [4.78, 5) is 4.24. The fraction of sp³-hybridized carbons (Fsp3) is 0.625. The van der Waals surface area contributed by atoms with Crippen molar-refractivity contribution in [1.82, 2.24) is 9.55 Å². The largest absolute Gasteiger partial charge is 0.338 e. The molecule has 0 saturated carbocycles. The van der Waals surface area contributed by atoms with Crippen molar-refractivity contribution in [2.75, 3.05) is 6.54 Å². The molecule has 13 heavy (non-hydrogen) atoms. The summed E-state index contributed by atoms with van der Waals surface area (Å²) in [6.07, 6.45) is 3.74. The van der Waals surface area contributed by atoms with Gasteiger partial charge in [-0.25, -0.2) is 4.98 Å². The second-order valence-electron chi connectivity index (χ2n) is 3.45. The minimum absolute atomic E-state index is 0. The molecule has 0 unspecified atom stereocenters. The molecular weight excluding hydrogens is 209 g/mol. The van der Waals surface area contributed by atoms with E-state index < -0.39 is 0 Å². The van der Waals surface area contributed by atoms with Crippen molar-refractivity contribution in [3.05, 3.63) is 18.2 Å². The number of nitrogens with two attached hydrogens (primary N) is 1. The third-order valence-corrected chi connectivity index (χ3v) is 1.94. The minimum Gasteiger partial charge on any atom is -0.338 e. The molecule has 78 valence electrons. The van der Waals surface area contributed by atoms with Crippen molar-refractivity contribution in [3.63, 3.8) is 0 Å². The molecule has 5 heteroatoms. The van der Waals surface area contributed by atoms with E-state index in [1.54, 1.807) is 6.20 Å². The van der Waals surface area contributed by atoms with Gasteiger partial charge in [0, 0.05) is 31.4 Å². The third kappa shape index (κ3) is 3.18. The van der Waals surface area contributed by atoms with Crippen molar-refractivity contribution in [2.24, 2.45) is 12.8 Å². The zero-order valence-electron chi connectivity index (χ0n) is 8.15. The standard InChI is InChI=1S/C8H15N3.2ClH/c1-8(2,6-9)7-10-4-5-11(7)3;;/h4-5H,6,9H2,1-3H3;2*1H. The van der Waals surface area contributed by atoms with E-state index in [-0.39, 0.29) is 30.2 Å². The van der Waals surface area contributed by atoms with Gasteiger partial charge in [0.25, 0.3) is 0 Å². The van der Waals surface area contributed by atoms with Crippen LogP contribution in [0.15, 0.2) is 12.4 Å². The maximum atomic E-state index is 5.61. The summed E-state index contributed by atoms with van der Waals surface area (Å²) in [5.74, 6) is 1.04. The number of hydrogen-bond donors (Lipinski definition) is 1.